The summed E-state index contributed by atoms with van der Waals surface area (Å²) < 4.78 is 12.5. The molecular weight excluding hydrogens is 260 g/mol. The fourth-order valence-electron chi connectivity index (χ4n) is 1.99. The molecule has 0 aliphatic carbocycles. The van der Waals surface area contributed by atoms with Gasteiger partial charge in [-0.2, -0.15) is 12.6 Å². The summed E-state index contributed by atoms with van der Waals surface area (Å²) in [5.41, 5.74) is 0. The van der Waals surface area contributed by atoms with E-state index in [4.69, 9.17) is 8.85 Å². The number of unbranched alkanes of at least 4 members (excludes halogenated alkanes) is 2. The largest absolute Gasteiger partial charge is 0.394 e. The minimum absolute atomic E-state index is 0.876. The molecule has 0 radical (unpaired) electrons. The zero-order valence-electron chi connectivity index (χ0n) is 12.5. The normalized spacial score (nSPS) is 12.0. The third-order valence-electron chi connectivity index (χ3n) is 3.07. The van der Waals surface area contributed by atoms with Crippen LogP contribution in [-0.2, 0) is 8.85 Å². The molecule has 0 fully saturated rings. The molecule has 0 spiro atoms. The van der Waals surface area contributed by atoms with Gasteiger partial charge in [0.2, 0.25) is 0 Å². The second-order valence-corrected chi connectivity index (χ2v) is 8.74. The van der Waals surface area contributed by atoms with Crippen LogP contribution in [0.25, 0.3) is 0 Å². The topological polar surface area (TPSA) is 18.5 Å². The number of rotatable bonds is 13. The zero-order valence-corrected chi connectivity index (χ0v) is 14.4. The van der Waals surface area contributed by atoms with Crippen molar-refractivity contribution in [1.29, 1.82) is 0 Å². The van der Waals surface area contributed by atoms with Crippen molar-refractivity contribution in [2.45, 2.75) is 71.4 Å². The molecule has 0 saturated carbocycles. The Labute approximate surface area is 120 Å². The van der Waals surface area contributed by atoms with Gasteiger partial charge in [0, 0.05) is 13.2 Å². The molecule has 110 valence electrons. The van der Waals surface area contributed by atoms with E-state index in [1.807, 2.05) is 0 Å². The molecule has 0 aromatic rings. The van der Waals surface area contributed by atoms with Gasteiger partial charge in [-0.25, -0.2) is 0 Å². The molecule has 0 bridgehead atoms. The van der Waals surface area contributed by atoms with Crippen LogP contribution >= 0.6 is 12.6 Å². The summed E-state index contributed by atoms with van der Waals surface area (Å²) in [5.74, 6) is 0.937. The quantitative estimate of drug-likeness (QED) is 0.299. The Morgan fingerprint density at radius 2 is 1.33 bits per heavy atom. The lowest BCUT2D eigenvalue weighted by atomic mass is 10.4. The molecule has 0 unspecified atom stereocenters. The standard InChI is InChI=1S/C14H32O2SSi/c1-4-7-10-15-18(13-6-3,14-9-12-17)16-11-8-5-2/h17H,4-14H2,1-3H3. The van der Waals surface area contributed by atoms with Crippen molar-refractivity contribution >= 4 is 21.2 Å². The van der Waals surface area contributed by atoms with Crippen LogP contribution in [0.15, 0.2) is 0 Å². The first-order chi connectivity index (χ1) is 8.74. The number of hydrogen-bond donors (Lipinski definition) is 1. The molecule has 0 aliphatic rings. The predicted molar refractivity (Wildman–Crippen MR) is 85.8 cm³/mol. The smallest absolute Gasteiger partial charge is 0.338 e. The van der Waals surface area contributed by atoms with Gasteiger partial charge in [0.05, 0.1) is 0 Å². The molecule has 0 heterocycles. The molecule has 0 atom stereocenters. The highest BCUT2D eigenvalue weighted by molar-refractivity contribution is 7.80. The number of hydrogen-bond acceptors (Lipinski definition) is 3. The molecular formula is C14H32O2SSi. The Kier molecular flexibility index (Phi) is 12.9. The van der Waals surface area contributed by atoms with Gasteiger partial charge in [0.25, 0.3) is 0 Å². The minimum atomic E-state index is -1.94. The van der Waals surface area contributed by atoms with Gasteiger partial charge in [-0.1, -0.05) is 40.0 Å². The molecule has 2 nitrogen and oxygen atoms in total. The Morgan fingerprint density at radius 1 is 0.778 bits per heavy atom. The second kappa shape index (κ2) is 12.5. The van der Waals surface area contributed by atoms with Crippen molar-refractivity contribution in [3.63, 3.8) is 0 Å². The lowest BCUT2D eigenvalue weighted by molar-refractivity contribution is 0.162. The van der Waals surface area contributed by atoms with E-state index in [1.54, 1.807) is 0 Å². The lowest BCUT2D eigenvalue weighted by Gasteiger charge is -2.30. The molecule has 0 rings (SSSR count). The Bertz CT molecular complexity index is 169. The van der Waals surface area contributed by atoms with Crippen molar-refractivity contribution in [1.82, 2.24) is 0 Å². The van der Waals surface area contributed by atoms with Crippen LogP contribution in [0.5, 0.6) is 0 Å². The zero-order chi connectivity index (χ0) is 13.7. The lowest BCUT2D eigenvalue weighted by Crippen LogP contribution is -2.42. The summed E-state index contributed by atoms with van der Waals surface area (Å²) in [6.45, 7) is 8.40. The highest BCUT2D eigenvalue weighted by Crippen LogP contribution is 2.24. The summed E-state index contributed by atoms with van der Waals surface area (Å²) in [7, 11) is -1.94. The molecule has 0 aromatic heterocycles. The highest BCUT2D eigenvalue weighted by atomic mass is 32.1. The van der Waals surface area contributed by atoms with Crippen LogP contribution in [0, 0.1) is 0 Å². The summed E-state index contributed by atoms with van der Waals surface area (Å²) in [6, 6.07) is 2.24. The van der Waals surface area contributed by atoms with Crippen LogP contribution in [0.4, 0.5) is 0 Å². The van der Waals surface area contributed by atoms with Crippen LogP contribution < -0.4 is 0 Å². The average Bonchev–Trinajstić information content (AvgIpc) is 2.37. The Balaban J connectivity index is 4.34. The van der Waals surface area contributed by atoms with E-state index in [9.17, 15) is 0 Å². The summed E-state index contributed by atoms with van der Waals surface area (Å²) in [5, 5.41) is 0. The van der Waals surface area contributed by atoms with Crippen molar-refractivity contribution in [2.24, 2.45) is 0 Å². The molecule has 0 saturated heterocycles. The predicted octanol–water partition coefficient (Wildman–Crippen LogP) is 4.79. The Hall–Kier alpha value is 0.487. The van der Waals surface area contributed by atoms with Crippen LogP contribution in [0.1, 0.15) is 59.3 Å². The second-order valence-electron chi connectivity index (χ2n) is 4.89. The first-order valence-electron chi connectivity index (χ1n) is 7.63. The maximum Gasteiger partial charge on any atom is 0.338 e. The van der Waals surface area contributed by atoms with Gasteiger partial charge in [-0.15, -0.1) is 0 Å². The summed E-state index contributed by atoms with van der Waals surface area (Å²) in [6.07, 6.45) is 6.97. The third kappa shape index (κ3) is 8.56. The van der Waals surface area contributed by atoms with Gasteiger partial charge < -0.3 is 8.85 Å². The van der Waals surface area contributed by atoms with Gasteiger partial charge in [-0.05, 0) is 37.1 Å². The van der Waals surface area contributed by atoms with Crippen molar-refractivity contribution < 1.29 is 8.85 Å². The summed E-state index contributed by atoms with van der Waals surface area (Å²) >= 11 is 4.33. The van der Waals surface area contributed by atoms with Gasteiger partial charge >= 0.3 is 8.56 Å². The average molecular weight is 293 g/mol. The van der Waals surface area contributed by atoms with Crippen LogP contribution in [0.2, 0.25) is 12.1 Å². The first-order valence-corrected chi connectivity index (χ1v) is 10.5. The SMILES string of the molecule is CCCCO[Si](CCC)(CCCS)OCCCC. The van der Waals surface area contributed by atoms with E-state index in [0.29, 0.717) is 0 Å². The number of thiol groups is 1. The maximum atomic E-state index is 6.24. The summed E-state index contributed by atoms with van der Waals surface area (Å²) in [4.78, 5) is 0. The van der Waals surface area contributed by atoms with Gasteiger partial charge in [0.1, 0.15) is 0 Å². The van der Waals surface area contributed by atoms with Crippen molar-refractivity contribution in [3.05, 3.63) is 0 Å². The van der Waals surface area contributed by atoms with E-state index in [0.717, 1.165) is 56.7 Å². The van der Waals surface area contributed by atoms with Crippen molar-refractivity contribution in [2.75, 3.05) is 19.0 Å². The maximum absolute atomic E-state index is 6.24. The highest BCUT2D eigenvalue weighted by Gasteiger charge is 2.35. The van der Waals surface area contributed by atoms with E-state index in [-0.39, 0.29) is 0 Å². The van der Waals surface area contributed by atoms with E-state index >= 15 is 0 Å². The van der Waals surface area contributed by atoms with Gasteiger partial charge in [0.15, 0.2) is 0 Å². The fraction of sp³-hybridized carbons (Fsp3) is 1.00. The molecule has 0 aliphatic heterocycles. The van der Waals surface area contributed by atoms with E-state index in [1.165, 1.54) is 12.8 Å². The molecule has 18 heavy (non-hydrogen) atoms. The molecule has 0 N–H and O–H groups in total. The minimum Gasteiger partial charge on any atom is -0.394 e. The molecule has 0 aromatic carbocycles. The monoisotopic (exact) mass is 292 g/mol. The first kappa shape index (κ1) is 18.5. The van der Waals surface area contributed by atoms with Crippen LogP contribution in [0.3, 0.4) is 0 Å². The van der Waals surface area contributed by atoms with Gasteiger partial charge in [-0.3, -0.25) is 0 Å². The Morgan fingerprint density at radius 3 is 1.72 bits per heavy atom. The van der Waals surface area contributed by atoms with E-state index < -0.39 is 8.56 Å². The van der Waals surface area contributed by atoms with E-state index in [2.05, 4.69) is 33.4 Å². The fourth-order valence-corrected chi connectivity index (χ4v) is 5.87. The third-order valence-corrected chi connectivity index (χ3v) is 7.23. The van der Waals surface area contributed by atoms with Crippen molar-refractivity contribution in [3.8, 4) is 0 Å². The molecule has 4 heteroatoms. The molecule has 0 amide bonds. The van der Waals surface area contributed by atoms with Crippen LogP contribution in [-0.4, -0.2) is 27.5 Å².